The third-order valence-corrected chi connectivity index (χ3v) is 4.63. The van der Waals surface area contributed by atoms with E-state index in [-0.39, 0.29) is 0 Å². The summed E-state index contributed by atoms with van der Waals surface area (Å²) >= 11 is 0. The van der Waals surface area contributed by atoms with E-state index in [4.69, 9.17) is 0 Å². The van der Waals surface area contributed by atoms with Gasteiger partial charge < -0.3 is 5.32 Å². The summed E-state index contributed by atoms with van der Waals surface area (Å²) in [5, 5.41) is 3.71. The standard InChI is InChI=1S/C16H32N2/c1-14(2)12-15-13-18(11-10-17-15)16-8-6-4-3-5-7-9-16/h14-17H,3-13H2,1-2H3. The van der Waals surface area contributed by atoms with E-state index in [1.807, 2.05) is 0 Å². The lowest BCUT2D eigenvalue weighted by atomic mass is 9.94. The largest absolute Gasteiger partial charge is 0.311 e. The minimum absolute atomic E-state index is 0.740. The molecule has 106 valence electrons. The van der Waals surface area contributed by atoms with Crippen molar-refractivity contribution in [1.29, 1.82) is 0 Å². The monoisotopic (exact) mass is 252 g/mol. The number of rotatable bonds is 3. The summed E-state index contributed by atoms with van der Waals surface area (Å²) in [5.74, 6) is 0.819. The Bertz CT molecular complexity index is 219. The molecule has 0 aromatic heterocycles. The molecule has 0 aromatic carbocycles. The quantitative estimate of drug-likeness (QED) is 0.828. The van der Waals surface area contributed by atoms with Crippen LogP contribution in [0.25, 0.3) is 0 Å². The van der Waals surface area contributed by atoms with Gasteiger partial charge in [0.1, 0.15) is 0 Å². The summed E-state index contributed by atoms with van der Waals surface area (Å²) in [6.07, 6.45) is 11.6. The van der Waals surface area contributed by atoms with E-state index in [0.717, 1.165) is 18.0 Å². The smallest absolute Gasteiger partial charge is 0.0198 e. The summed E-state index contributed by atoms with van der Waals surface area (Å²) in [4.78, 5) is 2.80. The van der Waals surface area contributed by atoms with Crippen LogP contribution >= 0.6 is 0 Å². The minimum atomic E-state index is 0.740. The summed E-state index contributed by atoms with van der Waals surface area (Å²) in [6.45, 7) is 8.46. The molecule has 1 heterocycles. The van der Waals surface area contributed by atoms with Gasteiger partial charge in [0.05, 0.1) is 0 Å². The predicted molar refractivity (Wildman–Crippen MR) is 78.9 cm³/mol. The van der Waals surface area contributed by atoms with Crippen LogP contribution < -0.4 is 5.32 Å². The Morgan fingerprint density at radius 1 is 1.06 bits per heavy atom. The fourth-order valence-corrected chi connectivity index (χ4v) is 3.71. The molecule has 2 rings (SSSR count). The second-order valence-electron chi connectivity index (χ2n) is 6.77. The first kappa shape index (κ1) is 14.3. The summed E-state index contributed by atoms with van der Waals surface area (Å²) < 4.78 is 0. The van der Waals surface area contributed by atoms with Crippen molar-refractivity contribution in [2.24, 2.45) is 5.92 Å². The zero-order chi connectivity index (χ0) is 12.8. The van der Waals surface area contributed by atoms with Crippen LogP contribution in [0.1, 0.15) is 65.2 Å². The minimum Gasteiger partial charge on any atom is -0.311 e. The molecule has 1 atom stereocenters. The Labute approximate surface area is 114 Å². The average molecular weight is 252 g/mol. The molecule has 1 N–H and O–H groups in total. The predicted octanol–water partition coefficient (Wildman–Crippen LogP) is 3.42. The van der Waals surface area contributed by atoms with E-state index >= 15 is 0 Å². The average Bonchev–Trinajstić information content (AvgIpc) is 2.27. The molecule has 1 saturated heterocycles. The molecule has 18 heavy (non-hydrogen) atoms. The number of hydrogen-bond acceptors (Lipinski definition) is 2. The lowest BCUT2D eigenvalue weighted by Gasteiger charge is -2.40. The number of piperazine rings is 1. The first-order valence-corrected chi connectivity index (χ1v) is 8.23. The molecule has 2 aliphatic rings. The van der Waals surface area contributed by atoms with Crippen molar-refractivity contribution in [3.8, 4) is 0 Å². The van der Waals surface area contributed by atoms with Gasteiger partial charge in [0.2, 0.25) is 0 Å². The van der Waals surface area contributed by atoms with Gasteiger partial charge in [-0.05, 0) is 25.2 Å². The van der Waals surface area contributed by atoms with Gasteiger partial charge in [0.15, 0.2) is 0 Å². The highest BCUT2D eigenvalue weighted by atomic mass is 15.2. The molecule has 1 aliphatic heterocycles. The van der Waals surface area contributed by atoms with Crippen LogP contribution in [0.3, 0.4) is 0 Å². The maximum absolute atomic E-state index is 3.71. The van der Waals surface area contributed by atoms with Crippen LogP contribution in [0.15, 0.2) is 0 Å². The number of nitrogens with one attached hydrogen (secondary N) is 1. The summed E-state index contributed by atoms with van der Waals surface area (Å²) in [6, 6.07) is 1.63. The maximum Gasteiger partial charge on any atom is 0.0198 e. The molecule has 2 heteroatoms. The van der Waals surface area contributed by atoms with E-state index in [1.165, 1.54) is 71.0 Å². The van der Waals surface area contributed by atoms with Gasteiger partial charge >= 0.3 is 0 Å². The van der Waals surface area contributed by atoms with Crippen LogP contribution in [0.5, 0.6) is 0 Å². The van der Waals surface area contributed by atoms with E-state index in [9.17, 15) is 0 Å². The van der Waals surface area contributed by atoms with E-state index < -0.39 is 0 Å². The maximum atomic E-state index is 3.71. The molecule has 0 radical (unpaired) electrons. The Balaban J connectivity index is 1.82. The molecule has 0 bridgehead atoms. The second kappa shape index (κ2) is 7.49. The van der Waals surface area contributed by atoms with Gasteiger partial charge in [-0.3, -0.25) is 4.90 Å². The molecule has 0 aromatic rings. The summed E-state index contributed by atoms with van der Waals surface area (Å²) in [5.41, 5.74) is 0. The van der Waals surface area contributed by atoms with Crippen molar-refractivity contribution in [3.63, 3.8) is 0 Å². The number of nitrogens with zero attached hydrogens (tertiary/aromatic N) is 1. The van der Waals surface area contributed by atoms with Crippen molar-refractivity contribution in [3.05, 3.63) is 0 Å². The van der Waals surface area contributed by atoms with Gasteiger partial charge in [-0.15, -0.1) is 0 Å². The van der Waals surface area contributed by atoms with Gasteiger partial charge in [0.25, 0.3) is 0 Å². The lowest BCUT2D eigenvalue weighted by Crippen LogP contribution is -2.54. The Kier molecular flexibility index (Phi) is 5.97. The van der Waals surface area contributed by atoms with Gasteiger partial charge in [-0.1, -0.05) is 46.0 Å². The Hall–Kier alpha value is -0.0800. The van der Waals surface area contributed by atoms with Crippen LogP contribution in [0.2, 0.25) is 0 Å². The summed E-state index contributed by atoms with van der Waals surface area (Å²) in [7, 11) is 0. The Morgan fingerprint density at radius 3 is 2.39 bits per heavy atom. The highest BCUT2D eigenvalue weighted by Crippen LogP contribution is 2.23. The van der Waals surface area contributed by atoms with Gasteiger partial charge in [-0.25, -0.2) is 0 Å². The van der Waals surface area contributed by atoms with Crippen LogP contribution in [-0.4, -0.2) is 36.6 Å². The number of hydrogen-bond donors (Lipinski definition) is 1. The van der Waals surface area contributed by atoms with E-state index in [1.54, 1.807) is 0 Å². The molecular formula is C16H32N2. The van der Waals surface area contributed by atoms with Crippen molar-refractivity contribution < 1.29 is 0 Å². The van der Waals surface area contributed by atoms with E-state index in [0.29, 0.717) is 0 Å². The zero-order valence-corrected chi connectivity index (χ0v) is 12.5. The zero-order valence-electron chi connectivity index (χ0n) is 12.5. The van der Waals surface area contributed by atoms with Crippen molar-refractivity contribution in [2.75, 3.05) is 19.6 Å². The van der Waals surface area contributed by atoms with Gasteiger partial charge in [-0.2, -0.15) is 0 Å². The first-order chi connectivity index (χ1) is 8.75. The third kappa shape index (κ3) is 4.55. The van der Waals surface area contributed by atoms with Crippen LogP contribution in [0, 0.1) is 5.92 Å². The fraction of sp³-hybridized carbons (Fsp3) is 1.00. The third-order valence-electron chi connectivity index (χ3n) is 4.63. The van der Waals surface area contributed by atoms with Gasteiger partial charge in [0, 0.05) is 31.7 Å². The van der Waals surface area contributed by atoms with Crippen molar-refractivity contribution in [1.82, 2.24) is 10.2 Å². The molecule has 1 aliphatic carbocycles. The fourth-order valence-electron chi connectivity index (χ4n) is 3.71. The van der Waals surface area contributed by atoms with Crippen molar-refractivity contribution >= 4 is 0 Å². The molecule has 2 nitrogen and oxygen atoms in total. The molecule has 1 saturated carbocycles. The Morgan fingerprint density at radius 2 is 1.72 bits per heavy atom. The van der Waals surface area contributed by atoms with Crippen LogP contribution in [0.4, 0.5) is 0 Å². The second-order valence-corrected chi connectivity index (χ2v) is 6.77. The highest BCUT2D eigenvalue weighted by Gasteiger charge is 2.25. The molecular weight excluding hydrogens is 220 g/mol. The topological polar surface area (TPSA) is 15.3 Å². The molecule has 2 fully saturated rings. The normalized spacial score (nSPS) is 29.2. The molecule has 0 amide bonds. The van der Waals surface area contributed by atoms with Crippen molar-refractivity contribution in [2.45, 2.75) is 77.3 Å². The SMILES string of the molecule is CC(C)CC1CN(C2CCCCCCC2)CCN1. The van der Waals surface area contributed by atoms with E-state index in [2.05, 4.69) is 24.1 Å². The van der Waals surface area contributed by atoms with Crippen LogP contribution in [-0.2, 0) is 0 Å². The lowest BCUT2D eigenvalue weighted by molar-refractivity contribution is 0.116. The highest BCUT2D eigenvalue weighted by molar-refractivity contribution is 4.84. The molecule has 0 spiro atoms. The molecule has 1 unspecified atom stereocenters. The first-order valence-electron chi connectivity index (χ1n) is 8.23.